The summed E-state index contributed by atoms with van der Waals surface area (Å²) < 4.78 is 5.45. The fourth-order valence-electron chi connectivity index (χ4n) is 4.16. The molecule has 2 amide bonds. The van der Waals surface area contributed by atoms with Crippen molar-refractivity contribution in [3.8, 4) is 5.75 Å². The van der Waals surface area contributed by atoms with Crippen molar-refractivity contribution in [2.75, 3.05) is 51.3 Å². The average Bonchev–Trinajstić information content (AvgIpc) is 2.74. The Kier molecular flexibility index (Phi) is 7.18. The molecule has 2 aliphatic heterocycles. The van der Waals surface area contributed by atoms with Crippen LogP contribution < -0.4 is 9.64 Å². The number of hydrogen-bond donors (Lipinski definition) is 0. The SMILES string of the molecule is COc1ccccc1N1CCN(C(=O)CC(C)CC(=O)N2CCCCC2)CC1. The Morgan fingerprint density at radius 1 is 0.893 bits per heavy atom. The van der Waals surface area contributed by atoms with Crippen molar-refractivity contribution in [3.63, 3.8) is 0 Å². The van der Waals surface area contributed by atoms with Crippen LogP contribution in [-0.2, 0) is 9.59 Å². The predicted octanol–water partition coefficient (Wildman–Crippen LogP) is 2.77. The fraction of sp³-hybridized carbons (Fsp3) is 0.636. The van der Waals surface area contributed by atoms with E-state index in [4.69, 9.17) is 4.74 Å². The number of carbonyl (C=O) groups is 2. The van der Waals surface area contributed by atoms with Gasteiger partial charge in [0.25, 0.3) is 0 Å². The minimum absolute atomic E-state index is 0.0918. The highest BCUT2D eigenvalue weighted by atomic mass is 16.5. The van der Waals surface area contributed by atoms with E-state index >= 15 is 0 Å². The number of ether oxygens (including phenoxy) is 1. The van der Waals surface area contributed by atoms with Crippen molar-refractivity contribution in [2.24, 2.45) is 5.92 Å². The van der Waals surface area contributed by atoms with Crippen molar-refractivity contribution in [2.45, 2.75) is 39.0 Å². The molecular weight excluding hydrogens is 354 g/mol. The first-order valence-electron chi connectivity index (χ1n) is 10.5. The van der Waals surface area contributed by atoms with Crippen LogP contribution in [-0.4, -0.2) is 68.0 Å². The van der Waals surface area contributed by atoms with Gasteiger partial charge in [-0.25, -0.2) is 0 Å². The van der Waals surface area contributed by atoms with E-state index in [0.29, 0.717) is 25.9 Å². The van der Waals surface area contributed by atoms with Gasteiger partial charge in [0.05, 0.1) is 12.8 Å². The third-order valence-electron chi connectivity index (χ3n) is 5.81. The molecule has 6 nitrogen and oxygen atoms in total. The highest BCUT2D eigenvalue weighted by Crippen LogP contribution is 2.28. The number of para-hydroxylation sites is 2. The zero-order valence-corrected chi connectivity index (χ0v) is 17.2. The standard InChI is InChI=1S/C22H33N3O3/c1-18(16-21(26)24-10-6-3-7-11-24)17-22(27)25-14-12-23(13-15-25)19-8-4-5-9-20(19)28-2/h4-5,8-9,18H,3,6-7,10-17H2,1-2H3. The molecule has 2 heterocycles. The molecule has 2 fully saturated rings. The Labute approximate surface area is 168 Å². The van der Waals surface area contributed by atoms with Gasteiger partial charge in [-0.3, -0.25) is 9.59 Å². The molecule has 0 saturated carbocycles. The maximum atomic E-state index is 12.7. The lowest BCUT2D eigenvalue weighted by atomic mass is 10.0. The Morgan fingerprint density at radius 2 is 1.46 bits per heavy atom. The number of likely N-dealkylation sites (tertiary alicyclic amines) is 1. The molecule has 3 rings (SSSR count). The Hall–Kier alpha value is -2.24. The summed E-state index contributed by atoms with van der Waals surface area (Å²) in [6.45, 7) is 6.80. The lowest BCUT2D eigenvalue weighted by Gasteiger charge is -2.37. The van der Waals surface area contributed by atoms with Gasteiger partial charge in [0.15, 0.2) is 0 Å². The number of carbonyl (C=O) groups excluding carboxylic acids is 2. The largest absolute Gasteiger partial charge is 0.495 e. The van der Waals surface area contributed by atoms with Crippen molar-refractivity contribution < 1.29 is 14.3 Å². The van der Waals surface area contributed by atoms with Crippen LogP contribution in [0, 0.1) is 5.92 Å². The van der Waals surface area contributed by atoms with Crippen LogP contribution in [0.2, 0.25) is 0 Å². The van der Waals surface area contributed by atoms with Gasteiger partial charge in [0.2, 0.25) is 11.8 Å². The Morgan fingerprint density at radius 3 is 2.07 bits per heavy atom. The first-order chi connectivity index (χ1) is 13.6. The summed E-state index contributed by atoms with van der Waals surface area (Å²) in [6.07, 6.45) is 4.37. The van der Waals surface area contributed by atoms with Crippen LogP contribution in [0.4, 0.5) is 5.69 Å². The molecule has 0 N–H and O–H groups in total. The second-order valence-electron chi connectivity index (χ2n) is 7.99. The number of methoxy groups -OCH3 is 1. The topological polar surface area (TPSA) is 53.1 Å². The summed E-state index contributed by atoms with van der Waals surface area (Å²) in [5.41, 5.74) is 1.08. The Balaban J connectivity index is 1.45. The van der Waals surface area contributed by atoms with E-state index in [1.54, 1.807) is 7.11 Å². The van der Waals surface area contributed by atoms with Gasteiger partial charge < -0.3 is 19.4 Å². The maximum Gasteiger partial charge on any atom is 0.222 e. The van der Waals surface area contributed by atoms with Crippen LogP contribution in [0.5, 0.6) is 5.75 Å². The van der Waals surface area contributed by atoms with E-state index in [2.05, 4.69) is 11.0 Å². The number of benzene rings is 1. The fourth-order valence-corrected chi connectivity index (χ4v) is 4.16. The third kappa shape index (κ3) is 5.18. The molecular formula is C22H33N3O3. The zero-order valence-electron chi connectivity index (χ0n) is 17.2. The number of anilines is 1. The highest BCUT2D eigenvalue weighted by molar-refractivity contribution is 5.80. The molecule has 0 spiro atoms. The van der Waals surface area contributed by atoms with Crippen LogP contribution in [0.25, 0.3) is 0 Å². The van der Waals surface area contributed by atoms with E-state index in [-0.39, 0.29) is 17.7 Å². The molecule has 1 aromatic carbocycles. The van der Waals surface area contributed by atoms with E-state index in [1.807, 2.05) is 34.9 Å². The molecule has 0 aliphatic carbocycles. The zero-order chi connectivity index (χ0) is 19.9. The molecule has 1 atom stereocenters. The maximum absolute atomic E-state index is 12.7. The minimum Gasteiger partial charge on any atom is -0.495 e. The van der Waals surface area contributed by atoms with Gasteiger partial charge >= 0.3 is 0 Å². The van der Waals surface area contributed by atoms with E-state index in [9.17, 15) is 9.59 Å². The number of hydrogen-bond acceptors (Lipinski definition) is 4. The normalized spacial score (nSPS) is 18.7. The molecule has 28 heavy (non-hydrogen) atoms. The van der Waals surface area contributed by atoms with Crippen molar-refractivity contribution in [1.82, 2.24) is 9.80 Å². The number of nitrogens with zero attached hydrogens (tertiary/aromatic N) is 3. The van der Waals surface area contributed by atoms with Gasteiger partial charge in [0, 0.05) is 52.1 Å². The first-order valence-corrected chi connectivity index (χ1v) is 10.5. The van der Waals surface area contributed by atoms with E-state index < -0.39 is 0 Å². The number of piperidine rings is 1. The summed E-state index contributed by atoms with van der Waals surface area (Å²) in [6, 6.07) is 8.00. The minimum atomic E-state index is 0.0918. The van der Waals surface area contributed by atoms with E-state index in [1.165, 1.54) is 6.42 Å². The van der Waals surface area contributed by atoms with Gasteiger partial charge in [-0.05, 0) is 37.3 Å². The molecule has 0 radical (unpaired) electrons. The average molecular weight is 388 g/mol. The highest BCUT2D eigenvalue weighted by Gasteiger charge is 2.25. The summed E-state index contributed by atoms with van der Waals surface area (Å²) >= 11 is 0. The predicted molar refractivity (Wildman–Crippen MR) is 111 cm³/mol. The molecule has 0 bridgehead atoms. The monoisotopic (exact) mass is 387 g/mol. The quantitative estimate of drug-likeness (QED) is 0.753. The second kappa shape index (κ2) is 9.80. The van der Waals surface area contributed by atoms with Crippen molar-refractivity contribution in [1.29, 1.82) is 0 Å². The summed E-state index contributed by atoms with van der Waals surface area (Å²) in [7, 11) is 1.69. The molecule has 1 unspecified atom stereocenters. The van der Waals surface area contributed by atoms with Crippen molar-refractivity contribution >= 4 is 17.5 Å². The Bertz CT molecular complexity index is 665. The number of rotatable bonds is 6. The summed E-state index contributed by atoms with van der Waals surface area (Å²) in [5.74, 6) is 1.33. The van der Waals surface area contributed by atoms with Gasteiger partial charge in [-0.15, -0.1) is 0 Å². The van der Waals surface area contributed by atoms with Gasteiger partial charge in [-0.1, -0.05) is 19.1 Å². The smallest absolute Gasteiger partial charge is 0.222 e. The van der Waals surface area contributed by atoms with Gasteiger partial charge in [-0.2, -0.15) is 0 Å². The van der Waals surface area contributed by atoms with E-state index in [0.717, 1.165) is 50.5 Å². The van der Waals surface area contributed by atoms with Crippen molar-refractivity contribution in [3.05, 3.63) is 24.3 Å². The summed E-state index contributed by atoms with van der Waals surface area (Å²) in [4.78, 5) is 31.3. The molecule has 6 heteroatoms. The second-order valence-corrected chi connectivity index (χ2v) is 7.99. The lowest BCUT2D eigenvalue weighted by molar-refractivity contribution is -0.135. The number of amides is 2. The molecule has 2 saturated heterocycles. The third-order valence-corrected chi connectivity index (χ3v) is 5.81. The molecule has 0 aromatic heterocycles. The lowest BCUT2D eigenvalue weighted by Crippen LogP contribution is -2.49. The summed E-state index contributed by atoms with van der Waals surface area (Å²) in [5, 5.41) is 0. The van der Waals surface area contributed by atoms with Crippen LogP contribution in [0.15, 0.2) is 24.3 Å². The number of piperazine rings is 1. The molecule has 154 valence electrons. The van der Waals surface area contributed by atoms with Crippen LogP contribution in [0.3, 0.4) is 0 Å². The van der Waals surface area contributed by atoms with Crippen LogP contribution in [0.1, 0.15) is 39.0 Å². The molecule has 1 aromatic rings. The first kappa shape index (κ1) is 20.5. The molecule has 2 aliphatic rings. The van der Waals surface area contributed by atoms with Gasteiger partial charge in [0.1, 0.15) is 5.75 Å². The van der Waals surface area contributed by atoms with Crippen LogP contribution >= 0.6 is 0 Å².